The molecule has 2 aromatic rings. The third-order valence-electron chi connectivity index (χ3n) is 2.91. The molecule has 0 amide bonds. The first-order valence-corrected chi connectivity index (χ1v) is 6.63. The molecule has 2 rings (SSSR count). The zero-order valence-corrected chi connectivity index (χ0v) is 12.2. The van der Waals surface area contributed by atoms with Crippen LogP contribution in [0.4, 0.5) is 0 Å². The second-order valence-corrected chi connectivity index (χ2v) is 5.58. The van der Waals surface area contributed by atoms with Crippen LogP contribution in [0.5, 0.6) is 0 Å². The highest BCUT2D eigenvalue weighted by atomic mass is 35.5. The number of fused-ring (bicyclic) bond motifs is 1. The lowest BCUT2D eigenvalue weighted by Gasteiger charge is -2.28. The van der Waals surface area contributed by atoms with Gasteiger partial charge >= 0.3 is 0 Å². The average Bonchev–Trinajstić information content (AvgIpc) is 2.66. The molecule has 0 N–H and O–H groups in total. The first-order chi connectivity index (χ1) is 8.49. The van der Waals surface area contributed by atoms with E-state index in [4.69, 9.17) is 27.9 Å². The van der Waals surface area contributed by atoms with Crippen LogP contribution in [0.2, 0.25) is 5.02 Å². The number of hydrogen-bond donors (Lipinski definition) is 0. The Kier molecular flexibility index (Phi) is 3.85. The largest absolute Gasteiger partial charge is 0.382 e. The van der Waals surface area contributed by atoms with E-state index in [0.717, 1.165) is 16.9 Å². The molecule has 18 heavy (non-hydrogen) atoms. The van der Waals surface area contributed by atoms with Gasteiger partial charge in [0.05, 0.1) is 29.1 Å². The van der Waals surface area contributed by atoms with E-state index in [1.165, 1.54) is 0 Å². The van der Waals surface area contributed by atoms with Crippen LogP contribution in [0, 0.1) is 0 Å². The van der Waals surface area contributed by atoms with E-state index in [9.17, 15) is 0 Å². The molecular weight excluding hydrogens is 271 g/mol. The summed E-state index contributed by atoms with van der Waals surface area (Å²) in [7, 11) is 1.69. The van der Waals surface area contributed by atoms with Gasteiger partial charge in [-0.25, -0.2) is 4.98 Å². The molecule has 1 aromatic heterocycles. The normalized spacial score (nSPS) is 12.3. The summed E-state index contributed by atoms with van der Waals surface area (Å²) in [4.78, 5) is 4.53. The molecule has 0 aliphatic rings. The monoisotopic (exact) mass is 286 g/mol. The molecule has 5 heteroatoms. The smallest absolute Gasteiger partial charge is 0.125 e. The van der Waals surface area contributed by atoms with Crippen LogP contribution in [0.3, 0.4) is 0 Å². The van der Waals surface area contributed by atoms with Crippen molar-refractivity contribution in [1.82, 2.24) is 9.55 Å². The van der Waals surface area contributed by atoms with Crippen molar-refractivity contribution in [3.63, 3.8) is 0 Å². The van der Waals surface area contributed by atoms with Crippen LogP contribution in [0.15, 0.2) is 18.2 Å². The van der Waals surface area contributed by atoms with Crippen molar-refractivity contribution in [2.75, 3.05) is 13.7 Å². The van der Waals surface area contributed by atoms with E-state index >= 15 is 0 Å². The van der Waals surface area contributed by atoms with Crippen molar-refractivity contribution in [3.8, 4) is 0 Å². The van der Waals surface area contributed by atoms with Crippen LogP contribution in [0.1, 0.15) is 19.7 Å². The maximum absolute atomic E-state index is 5.99. The molecule has 0 bridgehead atoms. The molecule has 0 aliphatic heterocycles. The van der Waals surface area contributed by atoms with E-state index < -0.39 is 0 Å². The second-order valence-electron chi connectivity index (χ2n) is 4.88. The van der Waals surface area contributed by atoms with Gasteiger partial charge in [0.25, 0.3) is 0 Å². The van der Waals surface area contributed by atoms with Crippen LogP contribution >= 0.6 is 23.2 Å². The van der Waals surface area contributed by atoms with Crippen molar-refractivity contribution in [2.45, 2.75) is 25.3 Å². The second kappa shape index (κ2) is 5.08. The summed E-state index contributed by atoms with van der Waals surface area (Å²) in [5, 5.41) is 0.679. The molecule has 0 aliphatic carbocycles. The third-order valence-corrected chi connectivity index (χ3v) is 3.38. The Balaban J connectivity index is 2.67. The van der Waals surface area contributed by atoms with Gasteiger partial charge in [0.2, 0.25) is 0 Å². The first-order valence-electron chi connectivity index (χ1n) is 5.72. The van der Waals surface area contributed by atoms with Crippen molar-refractivity contribution in [2.24, 2.45) is 0 Å². The first kappa shape index (κ1) is 13.7. The molecular formula is C13H16Cl2N2O. The van der Waals surface area contributed by atoms with Gasteiger partial charge in [0.1, 0.15) is 5.82 Å². The Hall–Kier alpha value is -0.770. The quantitative estimate of drug-likeness (QED) is 0.799. The summed E-state index contributed by atoms with van der Waals surface area (Å²) < 4.78 is 7.41. The van der Waals surface area contributed by atoms with E-state index in [0.29, 0.717) is 17.5 Å². The third kappa shape index (κ3) is 2.35. The van der Waals surface area contributed by atoms with Gasteiger partial charge < -0.3 is 9.30 Å². The van der Waals surface area contributed by atoms with Crippen molar-refractivity contribution in [1.29, 1.82) is 0 Å². The van der Waals surface area contributed by atoms with Gasteiger partial charge in [-0.1, -0.05) is 11.6 Å². The summed E-state index contributed by atoms with van der Waals surface area (Å²) in [6.07, 6.45) is 0. The molecule has 0 unspecified atom stereocenters. The molecule has 0 saturated carbocycles. The molecule has 1 aromatic carbocycles. The number of aromatic nitrogens is 2. The lowest BCUT2D eigenvalue weighted by molar-refractivity contribution is 0.110. The van der Waals surface area contributed by atoms with Crippen LogP contribution in [-0.2, 0) is 16.2 Å². The van der Waals surface area contributed by atoms with E-state index in [1.807, 2.05) is 18.2 Å². The molecule has 0 atom stereocenters. The van der Waals surface area contributed by atoms with Gasteiger partial charge in [-0.3, -0.25) is 0 Å². The maximum atomic E-state index is 5.99. The van der Waals surface area contributed by atoms with Crippen molar-refractivity contribution < 1.29 is 4.74 Å². The van der Waals surface area contributed by atoms with Crippen LogP contribution in [0.25, 0.3) is 11.0 Å². The number of imidazole rings is 1. The minimum Gasteiger partial charge on any atom is -0.382 e. The molecule has 98 valence electrons. The van der Waals surface area contributed by atoms with Gasteiger partial charge in [-0.05, 0) is 32.0 Å². The van der Waals surface area contributed by atoms with Crippen LogP contribution < -0.4 is 0 Å². The topological polar surface area (TPSA) is 27.1 Å². The molecule has 0 radical (unpaired) electrons. The fourth-order valence-electron chi connectivity index (χ4n) is 2.29. The Morgan fingerprint density at radius 2 is 2.11 bits per heavy atom. The molecule has 0 fully saturated rings. The average molecular weight is 287 g/mol. The predicted octanol–water partition coefficient (Wildman–Crippen LogP) is 3.81. The number of benzene rings is 1. The van der Waals surface area contributed by atoms with Gasteiger partial charge in [-0.15, -0.1) is 11.6 Å². The van der Waals surface area contributed by atoms with Gasteiger partial charge in [-0.2, -0.15) is 0 Å². The predicted molar refractivity (Wildman–Crippen MR) is 75.5 cm³/mol. The molecule has 1 heterocycles. The number of rotatable bonds is 4. The molecule has 0 saturated heterocycles. The Labute approximate surface area is 117 Å². The fourth-order valence-corrected chi connectivity index (χ4v) is 2.63. The Morgan fingerprint density at radius 1 is 1.39 bits per heavy atom. The fraction of sp³-hybridized carbons (Fsp3) is 0.462. The summed E-state index contributed by atoms with van der Waals surface area (Å²) in [5.74, 6) is 1.19. The maximum Gasteiger partial charge on any atom is 0.125 e. The standard InChI is InChI=1S/C13H16Cl2N2O/c1-13(2,8-18-3)17-11-5-4-9(15)6-10(11)16-12(17)7-14/h4-6H,7-8H2,1-3H3. The zero-order valence-electron chi connectivity index (χ0n) is 10.7. The van der Waals surface area contributed by atoms with E-state index in [-0.39, 0.29) is 5.54 Å². The van der Waals surface area contributed by atoms with Crippen LogP contribution in [-0.4, -0.2) is 23.3 Å². The minimum absolute atomic E-state index is 0.207. The van der Waals surface area contributed by atoms with Crippen molar-refractivity contribution in [3.05, 3.63) is 29.0 Å². The minimum atomic E-state index is -0.207. The summed E-state index contributed by atoms with van der Waals surface area (Å²) in [6, 6.07) is 5.69. The number of nitrogens with zero attached hydrogens (tertiary/aromatic N) is 2. The summed E-state index contributed by atoms with van der Waals surface area (Å²) >= 11 is 12.0. The lowest BCUT2D eigenvalue weighted by Crippen LogP contribution is -2.32. The molecule has 3 nitrogen and oxygen atoms in total. The Morgan fingerprint density at radius 3 is 2.72 bits per heavy atom. The number of halogens is 2. The zero-order chi connectivity index (χ0) is 13.3. The number of methoxy groups -OCH3 is 1. The highest BCUT2D eigenvalue weighted by Gasteiger charge is 2.25. The van der Waals surface area contributed by atoms with Crippen molar-refractivity contribution >= 4 is 34.2 Å². The van der Waals surface area contributed by atoms with E-state index in [1.54, 1.807) is 7.11 Å². The highest BCUT2D eigenvalue weighted by molar-refractivity contribution is 6.31. The number of hydrogen-bond acceptors (Lipinski definition) is 2. The summed E-state index contributed by atoms with van der Waals surface area (Å²) in [6.45, 7) is 4.79. The SMILES string of the molecule is COCC(C)(C)n1c(CCl)nc2cc(Cl)ccc21. The lowest BCUT2D eigenvalue weighted by atomic mass is 10.1. The highest BCUT2D eigenvalue weighted by Crippen LogP contribution is 2.28. The number of ether oxygens (including phenoxy) is 1. The van der Waals surface area contributed by atoms with E-state index in [2.05, 4.69) is 23.4 Å². The van der Waals surface area contributed by atoms with Gasteiger partial charge in [0, 0.05) is 12.1 Å². The Bertz CT molecular complexity index is 563. The van der Waals surface area contributed by atoms with Gasteiger partial charge in [0.15, 0.2) is 0 Å². The molecule has 0 spiro atoms. The summed E-state index contributed by atoms with van der Waals surface area (Å²) in [5.41, 5.74) is 1.68. The number of alkyl halides is 1.